The molecule has 0 bridgehead atoms. The summed E-state index contributed by atoms with van der Waals surface area (Å²) in [5.41, 5.74) is 1.59. The molecular weight excluding hydrogens is 355 g/mol. The minimum absolute atomic E-state index is 0.0355. The van der Waals surface area contributed by atoms with Gasteiger partial charge in [0.15, 0.2) is 0 Å². The number of rotatable bonds is 8. The van der Waals surface area contributed by atoms with Crippen molar-refractivity contribution in [3.63, 3.8) is 0 Å². The van der Waals surface area contributed by atoms with Gasteiger partial charge in [0, 0.05) is 19.4 Å². The van der Waals surface area contributed by atoms with Gasteiger partial charge in [-0.05, 0) is 43.9 Å². The summed E-state index contributed by atoms with van der Waals surface area (Å²) in [5, 5.41) is 3.00. The molecular formula is C23H25FN2O2. The van der Waals surface area contributed by atoms with E-state index in [4.69, 9.17) is 4.42 Å². The van der Waals surface area contributed by atoms with Crippen LogP contribution in [0.15, 0.2) is 71.1 Å². The number of amides is 1. The maximum Gasteiger partial charge on any atom is 0.220 e. The van der Waals surface area contributed by atoms with Crippen LogP contribution in [-0.4, -0.2) is 31.4 Å². The zero-order chi connectivity index (χ0) is 19.9. The summed E-state index contributed by atoms with van der Waals surface area (Å²) in [5.74, 6) is 0.786. The number of aryl methyl sites for hydroxylation is 1. The smallest absolute Gasteiger partial charge is 0.220 e. The summed E-state index contributed by atoms with van der Waals surface area (Å²) in [6, 6.07) is 20.2. The van der Waals surface area contributed by atoms with E-state index in [0.717, 1.165) is 5.56 Å². The maximum atomic E-state index is 13.9. The van der Waals surface area contributed by atoms with Crippen LogP contribution in [0.5, 0.6) is 0 Å². The van der Waals surface area contributed by atoms with Gasteiger partial charge in [0.05, 0.1) is 11.6 Å². The number of carbonyl (C=O) groups is 1. The highest BCUT2D eigenvalue weighted by molar-refractivity contribution is 5.76. The first-order valence-electron chi connectivity index (χ1n) is 9.36. The minimum atomic E-state index is -0.322. The van der Waals surface area contributed by atoms with E-state index >= 15 is 0 Å². The largest absolute Gasteiger partial charge is 0.461 e. The van der Waals surface area contributed by atoms with Gasteiger partial charge in [0.2, 0.25) is 5.91 Å². The number of benzene rings is 2. The van der Waals surface area contributed by atoms with Crippen LogP contribution in [0.2, 0.25) is 0 Å². The highest BCUT2D eigenvalue weighted by Crippen LogP contribution is 2.25. The van der Waals surface area contributed by atoms with Crippen LogP contribution in [-0.2, 0) is 11.2 Å². The number of hydrogen-bond donors (Lipinski definition) is 1. The molecule has 0 aliphatic rings. The molecule has 0 spiro atoms. The third-order valence-corrected chi connectivity index (χ3v) is 4.70. The summed E-state index contributed by atoms with van der Waals surface area (Å²) in [4.78, 5) is 14.4. The van der Waals surface area contributed by atoms with Crippen molar-refractivity contribution in [1.29, 1.82) is 0 Å². The van der Waals surface area contributed by atoms with Crippen LogP contribution in [0.3, 0.4) is 0 Å². The van der Waals surface area contributed by atoms with Gasteiger partial charge in [-0.3, -0.25) is 4.79 Å². The summed E-state index contributed by atoms with van der Waals surface area (Å²) >= 11 is 0. The van der Waals surface area contributed by atoms with Gasteiger partial charge in [-0.25, -0.2) is 4.39 Å². The number of halogens is 1. The van der Waals surface area contributed by atoms with Crippen molar-refractivity contribution in [2.24, 2.45) is 0 Å². The van der Waals surface area contributed by atoms with E-state index in [9.17, 15) is 9.18 Å². The molecule has 1 aromatic heterocycles. The number of nitrogens with zero attached hydrogens (tertiary/aromatic N) is 1. The predicted molar refractivity (Wildman–Crippen MR) is 108 cm³/mol. The molecule has 3 aromatic rings. The van der Waals surface area contributed by atoms with Crippen molar-refractivity contribution < 1.29 is 13.6 Å². The Hall–Kier alpha value is -2.92. The SMILES string of the molecule is CN(C)[C@H](CNC(=O)CCc1ccc(-c2ccccc2F)o1)c1ccccc1. The molecule has 28 heavy (non-hydrogen) atoms. The average molecular weight is 380 g/mol. The molecule has 1 amide bonds. The summed E-state index contributed by atoms with van der Waals surface area (Å²) < 4.78 is 19.6. The molecule has 2 aromatic carbocycles. The van der Waals surface area contributed by atoms with Crippen molar-refractivity contribution in [2.45, 2.75) is 18.9 Å². The molecule has 1 heterocycles. The number of likely N-dealkylation sites (N-methyl/N-ethyl adjacent to an activating group) is 1. The van der Waals surface area contributed by atoms with Crippen LogP contribution in [0, 0.1) is 5.82 Å². The van der Waals surface area contributed by atoms with Gasteiger partial charge in [-0.15, -0.1) is 0 Å². The lowest BCUT2D eigenvalue weighted by Gasteiger charge is -2.25. The lowest BCUT2D eigenvalue weighted by molar-refractivity contribution is -0.121. The first-order chi connectivity index (χ1) is 13.5. The standard InChI is InChI=1S/C23H25FN2O2/c1-26(2)21(17-8-4-3-5-9-17)16-25-23(27)15-13-18-12-14-22(28-18)19-10-6-7-11-20(19)24/h3-12,14,21H,13,15-16H2,1-2H3,(H,25,27)/t21-/m1/s1. The van der Waals surface area contributed by atoms with E-state index in [1.54, 1.807) is 30.3 Å². The molecule has 146 valence electrons. The van der Waals surface area contributed by atoms with Crippen molar-refractivity contribution in [2.75, 3.05) is 20.6 Å². The molecule has 4 nitrogen and oxygen atoms in total. The number of furan rings is 1. The molecule has 0 saturated heterocycles. The summed E-state index contributed by atoms with van der Waals surface area (Å²) in [6.07, 6.45) is 0.789. The Morgan fingerprint density at radius 2 is 1.75 bits per heavy atom. The summed E-state index contributed by atoms with van der Waals surface area (Å²) in [6.45, 7) is 0.536. The second-order valence-corrected chi connectivity index (χ2v) is 6.94. The van der Waals surface area contributed by atoms with Gasteiger partial charge in [0.1, 0.15) is 17.3 Å². The minimum Gasteiger partial charge on any atom is -0.461 e. The molecule has 5 heteroatoms. The van der Waals surface area contributed by atoms with E-state index in [2.05, 4.69) is 22.3 Å². The number of nitrogens with one attached hydrogen (secondary N) is 1. The van der Waals surface area contributed by atoms with E-state index < -0.39 is 0 Å². The highest BCUT2D eigenvalue weighted by Gasteiger charge is 2.15. The second-order valence-electron chi connectivity index (χ2n) is 6.94. The molecule has 0 unspecified atom stereocenters. The normalized spacial score (nSPS) is 12.1. The fourth-order valence-electron chi connectivity index (χ4n) is 3.13. The fraction of sp³-hybridized carbons (Fsp3) is 0.261. The fourth-order valence-corrected chi connectivity index (χ4v) is 3.13. The van der Waals surface area contributed by atoms with Crippen LogP contribution < -0.4 is 5.32 Å². The Labute approximate surface area is 165 Å². The van der Waals surface area contributed by atoms with Crippen molar-refractivity contribution in [3.8, 4) is 11.3 Å². The molecule has 3 rings (SSSR count). The van der Waals surface area contributed by atoms with Crippen LogP contribution in [0.25, 0.3) is 11.3 Å². The predicted octanol–water partition coefficient (Wildman–Crippen LogP) is 4.44. The number of carbonyl (C=O) groups excluding carboxylic acids is 1. The zero-order valence-electron chi connectivity index (χ0n) is 16.2. The van der Waals surface area contributed by atoms with Crippen molar-refractivity contribution in [3.05, 3.63) is 83.9 Å². The van der Waals surface area contributed by atoms with Gasteiger partial charge < -0.3 is 14.6 Å². The van der Waals surface area contributed by atoms with E-state index in [1.807, 2.05) is 32.3 Å². The molecule has 0 fully saturated rings. The Balaban J connectivity index is 1.53. The molecule has 1 atom stereocenters. The topological polar surface area (TPSA) is 45.5 Å². The Morgan fingerprint density at radius 1 is 1.04 bits per heavy atom. The first-order valence-corrected chi connectivity index (χ1v) is 9.36. The van der Waals surface area contributed by atoms with E-state index in [0.29, 0.717) is 36.5 Å². The Bertz CT molecular complexity index is 906. The van der Waals surface area contributed by atoms with Gasteiger partial charge in [0.25, 0.3) is 0 Å². The summed E-state index contributed by atoms with van der Waals surface area (Å²) in [7, 11) is 3.99. The zero-order valence-corrected chi connectivity index (χ0v) is 16.2. The molecule has 0 aliphatic carbocycles. The highest BCUT2D eigenvalue weighted by atomic mass is 19.1. The van der Waals surface area contributed by atoms with Gasteiger partial charge in [-0.1, -0.05) is 42.5 Å². The number of hydrogen-bond acceptors (Lipinski definition) is 3. The van der Waals surface area contributed by atoms with Crippen LogP contribution >= 0.6 is 0 Å². The first kappa shape index (κ1) is 19.8. The Kier molecular flexibility index (Phi) is 6.61. The third-order valence-electron chi connectivity index (χ3n) is 4.70. The molecule has 0 saturated carbocycles. The quantitative estimate of drug-likeness (QED) is 0.628. The van der Waals surface area contributed by atoms with E-state index in [-0.39, 0.29) is 17.8 Å². The van der Waals surface area contributed by atoms with Crippen molar-refractivity contribution in [1.82, 2.24) is 10.2 Å². The molecule has 1 N–H and O–H groups in total. The lowest BCUT2D eigenvalue weighted by Crippen LogP contribution is -2.34. The van der Waals surface area contributed by atoms with Crippen molar-refractivity contribution >= 4 is 5.91 Å². The average Bonchev–Trinajstić information content (AvgIpc) is 3.16. The van der Waals surface area contributed by atoms with Crippen LogP contribution in [0.1, 0.15) is 23.8 Å². The van der Waals surface area contributed by atoms with Crippen LogP contribution in [0.4, 0.5) is 4.39 Å². The Morgan fingerprint density at radius 3 is 2.46 bits per heavy atom. The monoisotopic (exact) mass is 380 g/mol. The molecule has 0 radical (unpaired) electrons. The van der Waals surface area contributed by atoms with Gasteiger partial charge in [-0.2, -0.15) is 0 Å². The maximum absolute atomic E-state index is 13.9. The second kappa shape index (κ2) is 9.33. The molecule has 0 aliphatic heterocycles. The van der Waals surface area contributed by atoms with E-state index in [1.165, 1.54) is 6.07 Å². The lowest BCUT2D eigenvalue weighted by atomic mass is 10.1. The van der Waals surface area contributed by atoms with Gasteiger partial charge >= 0.3 is 0 Å². The third kappa shape index (κ3) is 5.08.